The summed E-state index contributed by atoms with van der Waals surface area (Å²) in [5.41, 5.74) is 4.54. The zero-order valence-electron chi connectivity index (χ0n) is 11.8. The molecule has 0 aromatic heterocycles. The van der Waals surface area contributed by atoms with Gasteiger partial charge in [0, 0.05) is 19.3 Å². The second-order valence-electron chi connectivity index (χ2n) is 5.14. The summed E-state index contributed by atoms with van der Waals surface area (Å²) in [6.45, 7) is 4.71. The van der Waals surface area contributed by atoms with Crippen LogP contribution in [0.2, 0.25) is 0 Å². The highest BCUT2D eigenvalue weighted by atomic mass is 16.3. The number of anilines is 1. The Hall–Kier alpha value is -1.80. The van der Waals surface area contributed by atoms with Gasteiger partial charge in [0.1, 0.15) is 0 Å². The number of likely N-dealkylation sites (N-methyl/N-ethyl adjacent to an activating group) is 1. The first-order chi connectivity index (χ1) is 9.06. The third-order valence-corrected chi connectivity index (χ3v) is 3.38. The van der Waals surface area contributed by atoms with Crippen molar-refractivity contribution in [2.24, 2.45) is 0 Å². The normalized spacial score (nSPS) is 12.2. The molecule has 0 aliphatic heterocycles. The van der Waals surface area contributed by atoms with E-state index < -0.39 is 6.10 Å². The number of hydrogen-bond donors (Lipinski definition) is 1. The summed E-state index contributed by atoms with van der Waals surface area (Å²) < 4.78 is 0. The molecule has 0 bridgehead atoms. The van der Waals surface area contributed by atoms with E-state index >= 15 is 0 Å². The highest BCUT2D eigenvalue weighted by Crippen LogP contribution is 2.19. The number of aryl methyl sites for hydroxylation is 2. The second kappa shape index (κ2) is 5.89. The minimum Gasteiger partial charge on any atom is -0.387 e. The Labute approximate surface area is 115 Å². The van der Waals surface area contributed by atoms with E-state index in [0.29, 0.717) is 6.54 Å². The zero-order chi connectivity index (χ0) is 13.8. The minimum atomic E-state index is -0.466. The SMILES string of the molecule is Cc1ccc(C(O)CN(C)c2ccc(C)cc2)cc1. The van der Waals surface area contributed by atoms with Gasteiger partial charge in [0.2, 0.25) is 0 Å². The van der Waals surface area contributed by atoms with Gasteiger partial charge >= 0.3 is 0 Å². The maximum Gasteiger partial charge on any atom is 0.0964 e. The van der Waals surface area contributed by atoms with Crippen LogP contribution in [-0.4, -0.2) is 18.7 Å². The fourth-order valence-corrected chi connectivity index (χ4v) is 2.06. The maximum absolute atomic E-state index is 10.3. The number of aliphatic hydroxyl groups excluding tert-OH is 1. The number of rotatable bonds is 4. The molecule has 0 saturated carbocycles. The van der Waals surface area contributed by atoms with Crippen LogP contribution in [0.15, 0.2) is 48.5 Å². The Kier molecular flexibility index (Phi) is 4.23. The molecular weight excluding hydrogens is 234 g/mol. The quantitative estimate of drug-likeness (QED) is 0.904. The summed E-state index contributed by atoms with van der Waals surface area (Å²) in [4.78, 5) is 2.07. The molecule has 19 heavy (non-hydrogen) atoms. The van der Waals surface area contributed by atoms with Crippen LogP contribution >= 0.6 is 0 Å². The van der Waals surface area contributed by atoms with Crippen molar-refractivity contribution in [1.82, 2.24) is 0 Å². The Morgan fingerprint density at radius 3 is 1.89 bits per heavy atom. The molecule has 2 heteroatoms. The van der Waals surface area contributed by atoms with E-state index in [-0.39, 0.29) is 0 Å². The van der Waals surface area contributed by atoms with Gasteiger partial charge in [0.25, 0.3) is 0 Å². The van der Waals surface area contributed by atoms with Crippen molar-refractivity contribution < 1.29 is 5.11 Å². The summed E-state index contributed by atoms with van der Waals surface area (Å²) >= 11 is 0. The molecular formula is C17H21NO. The average molecular weight is 255 g/mol. The van der Waals surface area contributed by atoms with E-state index in [0.717, 1.165) is 11.3 Å². The van der Waals surface area contributed by atoms with Gasteiger partial charge in [-0.3, -0.25) is 0 Å². The topological polar surface area (TPSA) is 23.5 Å². The summed E-state index contributed by atoms with van der Waals surface area (Å²) in [6.07, 6.45) is -0.466. The summed E-state index contributed by atoms with van der Waals surface area (Å²) in [7, 11) is 2.00. The predicted molar refractivity (Wildman–Crippen MR) is 80.6 cm³/mol. The Morgan fingerprint density at radius 1 is 0.895 bits per heavy atom. The Balaban J connectivity index is 2.03. The van der Waals surface area contributed by atoms with Crippen LogP contribution < -0.4 is 4.90 Å². The third kappa shape index (κ3) is 3.58. The van der Waals surface area contributed by atoms with Gasteiger partial charge in [-0.1, -0.05) is 47.5 Å². The first kappa shape index (κ1) is 13.6. The van der Waals surface area contributed by atoms with Crippen LogP contribution in [0.3, 0.4) is 0 Å². The lowest BCUT2D eigenvalue weighted by atomic mass is 10.1. The highest BCUT2D eigenvalue weighted by Gasteiger charge is 2.10. The summed E-state index contributed by atoms with van der Waals surface area (Å²) in [5.74, 6) is 0. The van der Waals surface area contributed by atoms with Crippen LogP contribution in [0.4, 0.5) is 5.69 Å². The Morgan fingerprint density at radius 2 is 1.37 bits per heavy atom. The van der Waals surface area contributed by atoms with Crippen molar-refractivity contribution in [3.8, 4) is 0 Å². The van der Waals surface area contributed by atoms with E-state index in [1.54, 1.807) is 0 Å². The first-order valence-electron chi connectivity index (χ1n) is 6.58. The molecule has 1 unspecified atom stereocenters. The molecule has 2 aromatic carbocycles. The molecule has 100 valence electrons. The predicted octanol–water partition coefficient (Wildman–Crippen LogP) is 3.47. The van der Waals surface area contributed by atoms with Crippen molar-refractivity contribution in [3.63, 3.8) is 0 Å². The maximum atomic E-state index is 10.3. The molecule has 2 nitrogen and oxygen atoms in total. The van der Waals surface area contributed by atoms with Gasteiger partial charge in [-0.2, -0.15) is 0 Å². The standard InChI is InChI=1S/C17H21NO/c1-13-4-8-15(9-5-13)17(19)12-18(3)16-10-6-14(2)7-11-16/h4-11,17,19H,12H2,1-3H3. The molecule has 0 fully saturated rings. The van der Waals surface area contributed by atoms with Gasteiger partial charge in [-0.05, 0) is 31.5 Å². The molecule has 0 radical (unpaired) electrons. The van der Waals surface area contributed by atoms with Crippen LogP contribution in [0.25, 0.3) is 0 Å². The van der Waals surface area contributed by atoms with Crippen molar-refractivity contribution in [2.45, 2.75) is 20.0 Å². The van der Waals surface area contributed by atoms with Gasteiger partial charge in [0.05, 0.1) is 6.10 Å². The van der Waals surface area contributed by atoms with Crippen molar-refractivity contribution in [2.75, 3.05) is 18.5 Å². The highest BCUT2D eigenvalue weighted by molar-refractivity contribution is 5.47. The fourth-order valence-electron chi connectivity index (χ4n) is 2.06. The summed E-state index contributed by atoms with van der Waals surface area (Å²) in [5, 5.41) is 10.3. The first-order valence-corrected chi connectivity index (χ1v) is 6.58. The van der Waals surface area contributed by atoms with Crippen LogP contribution in [0.5, 0.6) is 0 Å². The number of hydrogen-bond acceptors (Lipinski definition) is 2. The second-order valence-corrected chi connectivity index (χ2v) is 5.14. The van der Waals surface area contributed by atoms with Crippen molar-refractivity contribution >= 4 is 5.69 Å². The van der Waals surface area contributed by atoms with Gasteiger partial charge in [-0.15, -0.1) is 0 Å². The zero-order valence-corrected chi connectivity index (χ0v) is 11.8. The summed E-state index contributed by atoms with van der Waals surface area (Å²) in [6, 6.07) is 16.4. The molecule has 0 amide bonds. The fraction of sp³-hybridized carbons (Fsp3) is 0.294. The number of benzene rings is 2. The van der Waals surface area contributed by atoms with Crippen LogP contribution in [0, 0.1) is 13.8 Å². The molecule has 0 aliphatic rings. The van der Waals surface area contributed by atoms with E-state index in [1.165, 1.54) is 11.1 Å². The average Bonchev–Trinajstić information content (AvgIpc) is 2.40. The molecule has 0 saturated heterocycles. The molecule has 1 atom stereocenters. The molecule has 0 heterocycles. The van der Waals surface area contributed by atoms with Crippen LogP contribution in [-0.2, 0) is 0 Å². The monoisotopic (exact) mass is 255 g/mol. The van der Waals surface area contributed by atoms with Crippen molar-refractivity contribution in [3.05, 3.63) is 65.2 Å². The molecule has 1 N–H and O–H groups in total. The number of nitrogens with zero attached hydrogens (tertiary/aromatic N) is 1. The molecule has 2 rings (SSSR count). The van der Waals surface area contributed by atoms with E-state index in [4.69, 9.17) is 0 Å². The smallest absolute Gasteiger partial charge is 0.0964 e. The lowest BCUT2D eigenvalue weighted by Crippen LogP contribution is -2.24. The Bertz CT molecular complexity index is 466. The van der Waals surface area contributed by atoms with Crippen molar-refractivity contribution in [1.29, 1.82) is 0 Å². The van der Waals surface area contributed by atoms with Crippen LogP contribution in [0.1, 0.15) is 22.8 Å². The molecule has 0 aliphatic carbocycles. The van der Waals surface area contributed by atoms with E-state index in [1.807, 2.05) is 31.3 Å². The van der Waals surface area contributed by atoms with Gasteiger partial charge in [0.15, 0.2) is 0 Å². The van der Waals surface area contributed by atoms with Gasteiger partial charge in [-0.25, -0.2) is 0 Å². The number of aliphatic hydroxyl groups is 1. The third-order valence-electron chi connectivity index (χ3n) is 3.38. The molecule has 2 aromatic rings. The van der Waals surface area contributed by atoms with E-state index in [2.05, 4.69) is 43.0 Å². The largest absolute Gasteiger partial charge is 0.387 e. The van der Waals surface area contributed by atoms with Gasteiger partial charge < -0.3 is 10.0 Å². The minimum absolute atomic E-state index is 0.466. The lowest BCUT2D eigenvalue weighted by molar-refractivity contribution is 0.185. The molecule has 0 spiro atoms. The lowest BCUT2D eigenvalue weighted by Gasteiger charge is -2.23. The van der Waals surface area contributed by atoms with E-state index in [9.17, 15) is 5.11 Å².